The number of carbonyl (C=O) groups excluding carboxylic acids is 1. The molecule has 1 atom stereocenters. The molecule has 1 saturated carbocycles. The zero-order chi connectivity index (χ0) is 19.0. The van der Waals surface area contributed by atoms with E-state index >= 15 is 0 Å². The van der Waals surface area contributed by atoms with Crippen molar-refractivity contribution in [2.45, 2.75) is 50.6 Å². The van der Waals surface area contributed by atoms with Crippen LogP contribution in [0, 0.1) is 0 Å². The van der Waals surface area contributed by atoms with E-state index in [1.807, 2.05) is 9.80 Å². The van der Waals surface area contributed by atoms with Crippen molar-refractivity contribution in [1.29, 1.82) is 0 Å². The molecule has 1 aliphatic carbocycles. The topological polar surface area (TPSA) is 76.2 Å². The van der Waals surface area contributed by atoms with Crippen molar-refractivity contribution in [3.05, 3.63) is 0 Å². The number of ether oxygens (including phenoxy) is 2. The van der Waals surface area contributed by atoms with Gasteiger partial charge in [-0.3, -0.25) is 9.69 Å². The van der Waals surface area contributed by atoms with E-state index in [4.69, 9.17) is 9.47 Å². The molecule has 0 aromatic rings. The summed E-state index contributed by atoms with van der Waals surface area (Å²) in [5.74, 6) is 0.363. The van der Waals surface area contributed by atoms with E-state index in [9.17, 15) is 13.2 Å². The average Bonchev–Trinajstić information content (AvgIpc) is 2.97. The van der Waals surface area contributed by atoms with Gasteiger partial charge in [0, 0.05) is 39.4 Å². The number of hydrogen-bond acceptors (Lipinski definition) is 6. The van der Waals surface area contributed by atoms with Crippen LogP contribution in [-0.4, -0.2) is 94.8 Å². The summed E-state index contributed by atoms with van der Waals surface area (Å²) in [4.78, 5) is 17.1. The Morgan fingerprint density at radius 3 is 2.08 bits per heavy atom. The zero-order valence-electron chi connectivity index (χ0n) is 16.2. The number of carbonyl (C=O) groups is 1. The number of sulfone groups is 1. The molecule has 1 amide bonds. The SMILES string of the molecule is COCCN(CCOC)CC(=O)N(C1CCCCC1)C1CCS(=O)(=O)C1. The summed E-state index contributed by atoms with van der Waals surface area (Å²) >= 11 is 0. The molecule has 1 saturated heterocycles. The molecule has 2 fully saturated rings. The smallest absolute Gasteiger partial charge is 0.237 e. The van der Waals surface area contributed by atoms with Crippen LogP contribution in [0.4, 0.5) is 0 Å². The van der Waals surface area contributed by atoms with E-state index in [2.05, 4.69) is 0 Å². The van der Waals surface area contributed by atoms with Crippen LogP contribution in [0.1, 0.15) is 38.5 Å². The summed E-state index contributed by atoms with van der Waals surface area (Å²) in [6.45, 7) is 2.72. The predicted molar refractivity (Wildman–Crippen MR) is 101 cm³/mol. The summed E-state index contributed by atoms with van der Waals surface area (Å²) in [6.07, 6.45) is 5.98. The van der Waals surface area contributed by atoms with Crippen LogP contribution in [0.3, 0.4) is 0 Å². The third-order valence-electron chi connectivity index (χ3n) is 5.44. The summed E-state index contributed by atoms with van der Waals surface area (Å²) in [5.41, 5.74) is 0. The number of methoxy groups -OCH3 is 2. The van der Waals surface area contributed by atoms with Gasteiger partial charge in [0.15, 0.2) is 9.84 Å². The lowest BCUT2D eigenvalue weighted by atomic mass is 9.92. The molecular formula is C18H34N2O5S. The van der Waals surface area contributed by atoms with Crippen molar-refractivity contribution in [3.8, 4) is 0 Å². The Balaban J connectivity index is 2.07. The fraction of sp³-hybridized carbons (Fsp3) is 0.944. The van der Waals surface area contributed by atoms with Gasteiger partial charge in [-0.05, 0) is 19.3 Å². The summed E-state index contributed by atoms with van der Waals surface area (Å²) in [5, 5.41) is 0. The number of nitrogens with zero attached hydrogens (tertiary/aromatic N) is 2. The minimum Gasteiger partial charge on any atom is -0.383 e. The largest absolute Gasteiger partial charge is 0.383 e. The monoisotopic (exact) mass is 390 g/mol. The van der Waals surface area contributed by atoms with Crippen LogP contribution in [0.25, 0.3) is 0 Å². The molecule has 0 aromatic carbocycles. The Labute approximate surface area is 157 Å². The van der Waals surface area contributed by atoms with Crippen molar-refractivity contribution in [2.24, 2.45) is 0 Å². The first-order valence-electron chi connectivity index (χ1n) is 9.68. The van der Waals surface area contributed by atoms with Crippen molar-refractivity contribution in [3.63, 3.8) is 0 Å². The third-order valence-corrected chi connectivity index (χ3v) is 7.19. The van der Waals surface area contributed by atoms with Crippen molar-refractivity contribution in [1.82, 2.24) is 9.80 Å². The molecule has 0 radical (unpaired) electrons. The third kappa shape index (κ3) is 6.48. The first kappa shape index (κ1) is 21.6. The van der Waals surface area contributed by atoms with Gasteiger partial charge in [-0.1, -0.05) is 19.3 Å². The fourth-order valence-corrected chi connectivity index (χ4v) is 5.75. The van der Waals surface area contributed by atoms with Crippen LogP contribution in [0.2, 0.25) is 0 Å². The first-order chi connectivity index (χ1) is 12.5. The highest BCUT2D eigenvalue weighted by atomic mass is 32.2. The minimum absolute atomic E-state index is 0.0474. The molecule has 8 heteroatoms. The van der Waals surface area contributed by atoms with Gasteiger partial charge in [0.1, 0.15) is 0 Å². The molecule has 1 heterocycles. The molecule has 2 aliphatic rings. The van der Waals surface area contributed by atoms with Crippen LogP contribution in [0.5, 0.6) is 0 Å². The van der Waals surface area contributed by atoms with Crippen LogP contribution >= 0.6 is 0 Å². The summed E-state index contributed by atoms with van der Waals surface area (Å²) in [6, 6.07) is 0.0172. The van der Waals surface area contributed by atoms with Gasteiger partial charge in [-0.25, -0.2) is 8.42 Å². The highest BCUT2D eigenvalue weighted by Gasteiger charge is 2.38. The Morgan fingerprint density at radius 1 is 0.962 bits per heavy atom. The van der Waals surface area contributed by atoms with E-state index in [1.165, 1.54) is 6.42 Å². The molecule has 1 unspecified atom stereocenters. The molecule has 7 nitrogen and oxygen atoms in total. The van der Waals surface area contributed by atoms with Gasteiger partial charge in [0.25, 0.3) is 0 Å². The minimum atomic E-state index is -3.02. The predicted octanol–water partition coefficient (Wildman–Crippen LogP) is 0.930. The zero-order valence-corrected chi connectivity index (χ0v) is 17.0. The molecule has 0 N–H and O–H groups in total. The maximum absolute atomic E-state index is 13.2. The normalized spacial score (nSPS) is 23.4. The van der Waals surface area contributed by atoms with Crippen molar-refractivity contribution >= 4 is 15.7 Å². The lowest BCUT2D eigenvalue weighted by molar-refractivity contribution is -0.138. The lowest BCUT2D eigenvalue weighted by Crippen LogP contribution is -2.52. The van der Waals surface area contributed by atoms with Gasteiger partial charge in [0.2, 0.25) is 5.91 Å². The van der Waals surface area contributed by atoms with Gasteiger partial charge < -0.3 is 14.4 Å². The fourth-order valence-electron chi connectivity index (χ4n) is 4.04. The number of rotatable bonds is 10. The van der Waals surface area contributed by atoms with E-state index in [0.717, 1.165) is 25.7 Å². The van der Waals surface area contributed by atoms with Gasteiger partial charge in [0.05, 0.1) is 31.3 Å². The number of hydrogen-bond donors (Lipinski definition) is 0. The molecule has 26 heavy (non-hydrogen) atoms. The van der Waals surface area contributed by atoms with Crippen molar-refractivity contribution in [2.75, 3.05) is 58.6 Å². The van der Waals surface area contributed by atoms with E-state index < -0.39 is 9.84 Å². The van der Waals surface area contributed by atoms with Crippen LogP contribution in [-0.2, 0) is 24.1 Å². The number of amides is 1. The summed E-state index contributed by atoms with van der Waals surface area (Å²) < 4.78 is 34.3. The molecular weight excluding hydrogens is 356 g/mol. The lowest BCUT2D eigenvalue weighted by Gasteiger charge is -2.39. The van der Waals surface area contributed by atoms with Crippen LogP contribution in [0.15, 0.2) is 0 Å². The quantitative estimate of drug-likeness (QED) is 0.552. The second-order valence-electron chi connectivity index (χ2n) is 7.41. The first-order valence-corrected chi connectivity index (χ1v) is 11.5. The highest BCUT2D eigenvalue weighted by Crippen LogP contribution is 2.28. The van der Waals surface area contributed by atoms with Gasteiger partial charge in [-0.15, -0.1) is 0 Å². The standard InChI is InChI=1S/C18H34N2O5S/c1-24-11-9-19(10-12-25-2)14-18(21)20(16-6-4-3-5-7-16)17-8-13-26(22,23)15-17/h16-17H,3-15H2,1-2H3. The molecule has 0 aromatic heterocycles. The van der Waals surface area contributed by atoms with E-state index in [-0.39, 0.29) is 29.5 Å². The Kier molecular flexibility index (Phi) is 8.79. The molecule has 0 bridgehead atoms. The summed E-state index contributed by atoms with van der Waals surface area (Å²) in [7, 11) is 0.277. The van der Waals surface area contributed by atoms with E-state index in [1.54, 1.807) is 14.2 Å². The van der Waals surface area contributed by atoms with Gasteiger partial charge >= 0.3 is 0 Å². The Morgan fingerprint density at radius 2 is 1.58 bits per heavy atom. The van der Waals surface area contributed by atoms with Crippen LogP contribution < -0.4 is 0 Å². The molecule has 0 spiro atoms. The Bertz CT molecular complexity index is 526. The molecule has 2 rings (SSSR count). The highest BCUT2D eigenvalue weighted by molar-refractivity contribution is 7.91. The maximum atomic E-state index is 13.2. The van der Waals surface area contributed by atoms with Gasteiger partial charge in [-0.2, -0.15) is 0 Å². The second-order valence-corrected chi connectivity index (χ2v) is 9.64. The molecule has 1 aliphatic heterocycles. The Hall–Kier alpha value is -0.700. The second kappa shape index (κ2) is 10.6. The molecule has 152 valence electrons. The van der Waals surface area contributed by atoms with Crippen molar-refractivity contribution < 1.29 is 22.7 Å². The maximum Gasteiger partial charge on any atom is 0.237 e. The average molecular weight is 391 g/mol. The van der Waals surface area contributed by atoms with E-state index in [0.29, 0.717) is 39.3 Å².